The van der Waals surface area contributed by atoms with E-state index in [-0.39, 0.29) is 5.78 Å². The standard InChI is InChI=1S/C15H15NO3/c1-11(17)13-5-8-15(16-9-13)19-10-12-3-6-14(18-2)7-4-12/h3-9H,10H2,1-2H3. The van der Waals surface area contributed by atoms with Crippen LogP contribution >= 0.6 is 0 Å². The second kappa shape index (κ2) is 6.00. The van der Waals surface area contributed by atoms with E-state index in [0.29, 0.717) is 18.1 Å². The van der Waals surface area contributed by atoms with Gasteiger partial charge in [-0.25, -0.2) is 4.98 Å². The summed E-state index contributed by atoms with van der Waals surface area (Å²) in [6.45, 7) is 1.94. The molecule has 0 aliphatic carbocycles. The number of hydrogen-bond donors (Lipinski definition) is 0. The molecule has 0 saturated carbocycles. The van der Waals surface area contributed by atoms with Gasteiger partial charge >= 0.3 is 0 Å². The maximum Gasteiger partial charge on any atom is 0.213 e. The molecule has 4 nitrogen and oxygen atoms in total. The quantitative estimate of drug-likeness (QED) is 0.773. The predicted octanol–water partition coefficient (Wildman–Crippen LogP) is 2.87. The van der Waals surface area contributed by atoms with Gasteiger partial charge in [-0.05, 0) is 30.7 Å². The molecule has 0 aliphatic heterocycles. The van der Waals surface area contributed by atoms with Gasteiger partial charge in [0.1, 0.15) is 12.4 Å². The highest BCUT2D eigenvalue weighted by molar-refractivity contribution is 5.93. The van der Waals surface area contributed by atoms with Gasteiger partial charge in [-0.15, -0.1) is 0 Å². The van der Waals surface area contributed by atoms with E-state index >= 15 is 0 Å². The van der Waals surface area contributed by atoms with E-state index < -0.39 is 0 Å². The molecule has 0 radical (unpaired) electrons. The molecule has 1 aromatic carbocycles. The first-order chi connectivity index (χ1) is 9.19. The molecule has 98 valence electrons. The smallest absolute Gasteiger partial charge is 0.213 e. The number of pyridine rings is 1. The van der Waals surface area contributed by atoms with Crippen LogP contribution in [-0.4, -0.2) is 17.9 Å². The molecule has 1 heterocycles. The molecule has 4 heteroatoms. The predicted molar refractivity (Wildman–Crippen MR) is 71.6 cm³/mol. The van der Waals surface area contributed by atoms with E-state index in [4.69, 9.17) is 9.47 Å². The fourth-order valence-corrected chi connectivity index (χ4v) is 1.55. The number of ether oxygens (including phenoxy) is 2. The minimum Gasteiger partial charge on any atom is -0.497 e. The number of nitrogens with zero attached hydrogens (tertiary/aromatic N) is 1. The molecule has 0 unspecified atom stereocenters. The molecule has 0 amide bonds. The first kappa shape index (κ1) is 13.1. The lowest BCUT2D eigenvalue weighted by Crippen LogP contribution is -1.99. The summed E-state index contributed by atoms with van der Waals surface area (Å²) in [7, 11) is 1.63. The van der Waals surface area contributed by atoms with Crippen LogP contribution in [0.3, 0.4) is 0 Å². The highest BCUT2D eigenvalue weighted by Gasteiger charge is 2.01. The van der Waals surface area contributed by atoms with Crippen LogP contribution in [0.2, 0.25) is 0 Å². The van der Waals surface area contributed by atoms with Gasteiger partial charge in [-0.1, -0.05) is 12.1 Å². The van der Waals surface area contributed by atoms with Crippen molar-refractivity contribution in [3.63, 3.8) is 0 Å². The van der Waals surface area contributed by atoms with Crippen molar-refractivity contribution < 1.29 is 14.3 Å². The molecule has 0 atom stereocenters. The molecular weight excluding hydrogens is 242 g/mol. The van der Waals surface area contributed by atoms with Crippen molar-refractivity contribution in [2.75, 3.05) is 7.11 Å². The summed E-state index contributed by atoms with van der Waals surface area (Å²) >= 11 is 0. The summed E-state index contributed by atoms with van der Waals surface area (Å²) in [5, 5.41) is 0. The van der Waals surface area contributed by atoms with Gasteiger partial charge in [0.15, 0.2) is 5.78 Å². The Bertz CT molecular complexity index is 547. The van der Waals surface area contributed by atoms with Crippen molar-refractivity contribution in [2.24, 2.45) is 0 Å². The normalized spacial score (nSPS) is 10.0. The number of ketones is 1. The fraction of sp³-hybridized carbons (Fsp3) is 0.200. The Balaban J connectivity index is 1.95. The SMILES string of the molecule is COc1ccc(COc2ccc(C(C)=O)cn2)cc1. The zero-order valence-electron chi connectivity index (χ0n) is 10.9. The Kier molecular flexibility index (Phi) is 4.13. The number of carbonyl (C=O) groups excluding carboxylic acids is 1. The van der Waals surface area contributed by atoms with E-state index in [1.54, 1.807) is 19.2 Å². The molecule has 0 spiro atoms. The van der Waals surface area contributed by atoms with Crippen molar-refractivity contribution in [3.05, 3.63) is 53.7 Å². The second-order valence-corrected chi connectivity index (χ2v) is 4.08. The monoisotopic (exact) mass is 257 g/mol. The van der Waals surface area contributed by atoms with Gasteiger partial charge in [-0.2, -0.15) is 0 Å². The molecule has 0 aliphatic rings. The molecule has 19 heavy (non-hydrogen) atoms. The van der Waals surface area contributed by atoms with E-state index in [1.165, 1.54) is 13.1 Å². The first-order valence-corrected chi connectivity index (χ1v) is 5.92. The number of Topliss-reactive ketones (excluding diaryl/α,β-unsaturated/α-hetero) is 1. The van der Waals surface area contributed by atoms with Crippen LogP contribution in [0.1, 0.15) is 22.8 Å². The van der Waals surface area contributed by atoms with Crippen LogP contribution in [0.4, 0.5) is 0 Å². The first-order valence-electron chi connectivity index (χ1n) is 5.92. The molecule has 0 saturated heterocycles. The third-order valence-electron chi connectivity index (χ3n) is 2.69. The van der Waals surface area contributed by atoms with Gasteiger partial charge in [0.05, 0.1) is 7.11 Å². The number of rotatable bonds is 5. The van der Waals surface area contributed by atoms with Crippen LogP contribution in [0.25, 0.3) is 0 Å². The average Bonchev–Trinajstić information content (AvgIpc) is 2.46. The Labute approximate surface area is 112 Å². The maximum absolute atomic E-state index is 11.1. The van der Waals surface area contributed by atoms with Gasteiger partial charge < -0.3 is 9.47 Å². The van der Waals surface area contributed by atoms with E-state index in [1.807, 2.05) is 24.3 Å². The van der Waals surface area contributed by atoms with Crippen LogP contribution in [-0.2, 0) is 6.61 Å². The highest BCUT2D eigenvalue weighted by atomic mass is 16.5. The number of carbonyl (C=O) groups is 1. The number of aromatic nitrogens is 1. The fourth-order valence-electron chi connectivity index (χ4n) is 1.55. The van der Waals surface area contributed by atoms with Crippen molar-refractivity contribution in [1.29, 1.82) is 0 Å². The number of benzene rings is 1. The summed E-state index contributed by atoms with van der Waals surface area (Å²) in [5.41, 5.74) is 1.61. The maximum atomic E-state index is 11.1. The zero-order chi connectivity index (χ0) is 13.7. The lowest BCUT2D eigenvalue weighted by Gasteiger charge is -2.06. The lowest BCUT2D eigenvalue weighted by atomic mass is 10.2. The highest BCUT2D eigenvalue weighted by Crippen LogP contribution is 2.14. The summed E-state index contributed by atoms with van der Waals surface area (Å²) in [6, 6.07) is 11.0. The van der Waals surface area contributed by atoms with E-state index in [2.05, 4.69) is 4.98 Å². The van der Waals surface area contributed by atoms with Crippen LogP contribution in [0, 0.1) is 0 Å². The molecule has 2 aromatic rings. The van der Waals surface area contributed by atoms with Crippen LogP contribution < -0.4 is 9.47 Å². The Morgan fingerprint density at radius 2 is 1.89 bits per heavy atom. The largest absolute Gasteiger partial charge is 0.497 e. The summed E-state index contributed by atoms with van der Waals surface area (Å²) in [4.78, 5) is 15.2. The summed E-state index contributed by atoms with van der Waals surface area (Å²) < 4.78 is 10.6. The molecule has 0 bridgehead atoms. The minimum absolute atomic E-state index is 0.00537. The minimum atomic E-state index is -0.00537. The average molecular weight is 257 g/mol. The molecule has 0 fully saturated rings. The Hall–Kier alpha value is -2.36. The number of methoxy groups -OCH3 is 1. The number of hydrogen-bond acceptors (Lipinski definition) is 4. The van der Waals surface area contributed by atoms with Gasteiger partial charge in [0, 0.05) is 17.8 Å². The third kappa shape index (κ3) is 3.55. The van der Waals surface area contributed by atoms with Gasteiger partial charge in [-0.3, -0.25) is 4.79 Å². The third-order valence-corrected chi connectivity index (χ3v) is 2.69. The van der Waals surface area contributed by atoms with Crippen LogP contribution in [0.15, 0.2) is 42.6 Å². The Morgan fingerprint density at radius 3 is 2.42 bits per heavy atom. The van der Waals surface area contributed by atoms with Crippen LogP contribution in [0.5, 0.6) is 11.6 Å². The van der Waals surface area contributed by atoms with Crippen molar-refractivity contribution in [2.45, 2.75) is 13.5 Å². The molecule has 1 aromatic heterocycles. The van der Waals surface area contributed by atoms with Crippen molar-refractivity contribution in [3.8, 4) is 11.6 Å². The zero-order valence-corrected chi connectivity index (χ0v) is 10.9. The van der Waals surface area contributed by atoms with Crippen molar-refractivity contribution >= 4 is 5.78 Å². The summed E-state index contributed by atoms with van der Waals surface area (Å²) in [6.07, 6.45) is 1.52. The topological polar surface area (TPSA) is 48.4 Å². The lowest BCUT2D eigenvalue weighted by molar-refractivity contribution is 0.101. The van der Waals surface area contributed by atoms with Gasteiger partial charge in [0.25, 0.3) is 0 Å². The summed E-state index contributed by atoms with van der Waals surface area (Å²) in [5.74, 6) is 1.31. The van der Waals surface area contributed by atoms with E-state index in [9.17, 15) is 4.79 Å². The van der Waals surface area contributed by atoms with E-state index in [0.717, 1.165) is 11.3 Å². The Morgan fingerprint density at radius 1 is 1.16 bits per heavy atom. The molecular formula is C15H15NO3. The molecule has 2 rings (SSSR count). The van der Waals surface area contributed by atoms with Gasteiger partial charge in [0.2, 0.25) is 5.88 Å². The van der Waals surface area contributed by atoms with Crippen molar-refractivity contribution in [1.82, 2.24) is 4.98 Å². The second-order valence-electron chi connectivity index (χ2n) is 4.08. The molecule has 0 N–H and O–H groups in total.